The standard InChI is InChI=1S/C22H17ClF3N3O4/c1-13(14-6-8-15(9-7-14)27-21(31)22(24,25)26)28-29-20(30)19-11-10-16(33-19)12-32-18-5-3-2-4-17(18)23/h2-11H,12H2,1H3,(H,27,31)(H,29,30)/b28-13+. The number of hydrogen-bond donors (Lipinski definition) is 2. The number of ether oxygens (including phenoxy) is 1. The molecule has 3 rings (SSSR count). The molecule has 0 aliphatic heterocycles. The van der Waals surface area contributed by atoms with Crippen molar-refractivity contribution >= 4 is 34.8 Å². The van der Waals surface area contributed by atoms with Crippen LogP contribution in [0.3, 0.4) is 0 Å². The van der Waals surface area contributed by atoms with Crippen LogP contribution in [0.25, 0.3) is 0 Å². The molecule has 0 unspecified atom stereocenters. The van der Waals surface area contributed by atoms with Crippen molar-refractivity contribution in [1.82, 2.24) is 5.43 Å². The number of carbonyl (C=O) groups is 2. The molecule has 0 aliphatic rings. The van der Waals surface area contributed by atoms with E-state index in [0.717, 1.165) is 0 Å². The zero-order chi connectivity index (χ0) is 24.0. The predicted octanol–water partition coefficient (Wildman–Crippen LogP) is 5.17. The molecule has 2 amide bonds. The van der Waals surface area contributed by atoms with Crippen LogP contribution in [-0.4, -0.2) is 23.7 Å². The highest BCUT2D eigenvalue weighted by Gasteiger charge is 2.38. The number of nitrogens with zero attached hydrogens (tertiary/aromatic N) is 1. The van der Waals surface area contributed by atoms with Gasteiger partial charge in [0.05, 0.1) is 10.7 Å². The lowest BCUT2D eigenvalue weighted by molar-refractivity contribution is -0.167. The lowest BCUT2D eigenvalue weighted by atomic mass is 10.1. The smallest absolute Gasteiger partial charge is 0.471 e. The van der Waals surface area contributed by atoms with E-state index >= 15 is 0 Å². The highest BCUT2D eigenvalue weighted by molar-refractivity contribution is 6.32. The molecule has 2 aromatic carbocycles. The van der Waals surface area contributed by atoms with Gasteiger partial charge in [0.25, 0.3) is 0 Å². The molecule has 0 saturated carbocycles. The number of halogens is 4. The number of rotatable bonds is 7. The molecule has 3 aromatic rings. The summed E-state index contributed by atoms with van der Waals surface area (Å²) in [6.07, 6.45) is -4.98. The minimum atomic E-state index is -4.98. The molecule has 0 aliphatic carbocycles. The number of alkyl halides is 3. The van der Waals surface area contributed by atoms with Crippen molar-refractivity contribution < 1.29 is 31.9 Å². The summed E-state index contributed by atoms with van der Waals surface area (Å²) in [5.74, 6) is -1.78. The largest absolute Gasteiger partial charge is 0.484 e. The van der Waals surface area contributed by atoms with E-state index in [2.05, 4.69) is 10.5 Å². The molecule has 7 nitrogen and oxygen atoms in total. The Balaban J connectivity index is 1.55. The van der Waals surface area contributed by atoms with Crippen LogP contribution in [0.15, 0.2) is 70.2 Å². The number of para-hydroxylation sites is 1. The van der Waals surface area contributed by atoms with Gasteiger partial charge in [0.1, 0.15) is 18.1 Å². The average Bonchev–Trinajstić information content (AvgIpc) is 3.26. The summed E-state index contributed by atoms with van der Waals surface area (Å²) in [4.78, 5) is 23.2. The molecule has 0 fully saturated rings. The molecule has 0 spiro atoms. The molecule has 172 valence electrons. The highest BCUT2D eigenvalue weighted by atomic mass is 35.5. The van der Waals surface area contributed by atoms with Crippen LogP contribution in [0.4, 0.5) is 18.9 Å². The summed E-state index contributed by atoms with van der Waals surface area (Å²) in [5.41, 5.74) is 3.21. The molecular formula is C22H17ClF3N3O4. The second kappa shape index (κ2) is 10.2. The van der Waals surface area contributed by atoms with Gasteiger partial charge in [-0.15, -0.1) is 0 Å². The van der Waals surface area contributed by atoms with Crippen molar-refractivity contribution in [3.63, 3.8) is 0 Å². The number of furan rings is 1. The van der Waals surface area contributed by atoms with Crippen LogP contribution >= 0.6 is 11.6 Å². The second-order valence-electron chi connectivity index (χ2n) is 6.65. The van der Waals surface area contributed by atoms with E-state index in [1.54, 1.807) is 42.6 Å². The van der Waals surface area contributed by atoms with Gasteiger partial charge in [-0.05, 0) is 48.9 Å². The maximum atomic E-state index is 12.3. The number of amides is 2. The maximum absolute atomic E-state index is 12.3. The van der Waals surface area contributed by atoms with Gasteiger partial charge in [0.15, 0.2) is 5.76 Å². The van der Waals surface area contributed by atoms with Crippen molar-refractivity contribution in [3.05, 3.63) is 82.8 Å². The van der Waals surface area contributed by atoms with Crippen molar-refractivity contribution in [2.75, 3.05) is 5.32 Å². The Kier molecular flexibility index (Phi) is 7.39. The number of anilines is 1. The minimum absolute atomic E-state index is 0.00881. The van der Waals surface area contributed by atoms with Gasteiger partial charge in [-0.2, -0.15) is 18.3 Å². The zero-order valence-electron chi connectivity index (χ0n) is 17.1. The van der Waals surface area contributed by atoms with Gasteiger partial charge in [-0.1, -0.05) is 35.9 Å². The van der Waals surface area contributed by atoms with E-state index in [1.807, 2.05) is 0 Å². The van der Waals surface area contributed by atoms with Crippen molar-refractivity contribution in [2.24, 2.45) is 5.10 Å². The molecule has 0 saturated heterocycles. The summed E-state index contributed by atoms with van der Waals surface area (Å²) >= 11 is 6.02. The molecule has 0 atom stereocenters. The summed E-state index contributed by atoms with van der Waals surface area (Å²) in [6.45, 7) is 1.66. The third-order valence-electron chi connectivity index (χ3n) is 4.24. The van der Waals surface area contributed by atoms with Gasteiger partial charge in [-0.25, -0.2) is 5.43 Å². The monoisotopic (exact) mass is 479 g/mol. The Bertz CT molecular complexity index is 1170. The van der Waals surface area contributed by atoms with Gasteiger partial charge in [0.2, 0.25) is 0 Å². The number of carbonyl (C=O) groups excluding carboxylic acids is 2. The molecule has 11 heteroatoms. The van der Waals surface area contributed by atoms with E-state index in [1.165, 1.54) is 30.3 Å². The molecule has 0 radical (unpaired) electrons. The lowest BCUT2D eigenvalue weighted by Gasteiger charge is -2.08. The van der Waals surface area contributed by atoms with Crippen LogP contribution in [0.1, 0.15) is 28.8 Å². The van der Waals surface area contributed by atoms with Crippen LogP contribution in [-0.2, 0) is 11.4 Å². The third kappa shape index (κ3) is 6.59. The fourth-order valence-electron chi connectivity index (χ4n) is 2.54. The first-order chi connectivity index (χ1) is 15.6. The van der Waals surface area contributed by atoms with E-state index < -0.39 is 18.0 Å². The first kappa shape index (κ1) is 23.9. The Morgan fingerprint density at radius 1 is 1.06 bits per heavy atom. The third-order valence-corrected chi connectivity index (χ3v) is 4.55. The van der Waals surface area contributed by atoms with E-state index in [4.69, 9.17) is 20.8 Å². The number of hydrazone groups is 1. The Morgan fingerprint density at radius 3 is 2.42 bits per heavy atom. The topological polar surface area (TPSA) is 92.9 Å². The van der Waals surface area contributed by atoms with Crippen molar-refractivity contribution in [2.45, 2.75) is 19.7 Å². The van der Waals surface area contributed by atoms with E-state index in [-0.39, 0.29) is 18.1 Å². The molecule has 0 bridgehead atoms. The van der Waals surface area contributed by atoms with Gasteiger partial charge in [-0.3, -0.25) is 9.59 Å². The Labute approximate surface area is 191 Å². The minimum Gasteiger partial charge on any atom is -0.484 e. The van der Waals surface area contributed by atoms with Crippen LogP contribution in [0.5, 0.6) is 5.75 Å². The fourth-order valence-corrected chi connectivity index (χ4v) is 2.73. The summed E-state index contributed by atoms with van der Waals surface area (Å²) in [6, 6.07) is 15.5. The van der Waals surface area contributed by atoms with Crippen LogP contribution < -0.4 is 15.5 Å². The number of benzene rings is 2. The molecular weight excluding hydrogens is 463 g/mol. The van der Waals surface area contributed by atoms with E-state index in [9.17, 15) is 22.8 Å². The van der Waals surface area contributed by atoms with Crippen LogP contribution in [0, 0.1) is 0 Å². The summed E-state index contributed by atoms with van der Waals surface area (Å²) in [7, 11) is 0. The van der Waals surface area contributed by atoms with Gasteiger partial charge >= 0.3 is 18.0 Å². The number of nitrogens with one attached hydrogen (secondary N) is 2. The highest BCUT2D eigenvalue weighted by Crippen LogP contribution is 2.24. The maximum Gasteiger partial charge on any atom is 0.471 e. The average molecular weight is 480 g/mol. The predicted molar refractivity (Wildman–Crippen MR) is 115 cm³/mol. The lowest BCUT2D eigenvalue weighted by Crippen LogP contribution is -2.29. The SMILES string of the molecule is C/C(=N\NC(=O)c1ccc(COc2ccccc2Cl)o1)c1ccc(NC(=O)C(F)(F)F)cc1. The van der Waals surface area contributed by atoms with Gasteiger partial charge < -0.3 is 14.5 Å². The normalized spacial score (nSPS) is 11.7. The van der Waals surface area contributed by atoms with Gasteiger partial charge in [0, 0.05) is 5.69 Å². The van der Waals surface area contributed by atoms with Crippen LogP contribution in [0.2, 0.25) is 5.02 Å². The molecule has 1 heterocycles. The first-order valence-electron chi connectivity index (χ1n) is 9.43. The Hall–Kier alpha value is -3.79. The molecule has 2 N–H and O–H groups in total. The number of hydrogen-bond acceptors (Lipinski definition) is 5. The molecule has 1 aromatic heterocycles. The summed E-state index contributed by atoms with van der Waals surface area (Å²) < 4.78 is 47.9. The van der Waals surface area contributed by atoms with Crippen molar-refractivity contribution in [3.8, 4) is 5.75 Å². The Morgan fingerprint density at radius 2 is 1.76 bits per heavy atom. The second-order valence-corrected chi connectivity index (χ2v) is 7.06. The zero-order valence-corrected chi connectivity index (χ0v) is 17.8. The summed E-state index contributed by atoms with van der Waals surface area (Å²) in [5, 5.41) is 6.15. The fraction of sp³-hybridized carbons (Fsp3) is 0.136. The van der Waals surface area contributed by atoms with Crippen molar-refractivity contribution in [1.29, 1.82) is 0 Å². The van der Waals surface area contributed by atoms with E-state index in [0.29, 0.717) is 27.8 Å². The first-order valence-corrected chi connectivity index (χ1v) is 9.80. The molecule has 33 heavy (non-hydrogen) atoms. The quantitative estimate of drug-likeness (QED) is 0.361.